The van der Waals surface area contributed by atoms with Gasteiger partial charge in [0.25, 0.3) is 5.91 Å². The third kappa shape index (κ3) is 3.01. The van der Waals surface area contributed by atoms with Crippen molar-refractivity contribution in [2.45, 2.75) is 19.3 Å². The van der Waals surface area contributed by atoms with Gasteiger partial charge in [0, 0.05) is 19.5 Å². The predicted octanol–water partition coefficient (Wildman–Crippen LogP) is 0.825. The van der Waals surface area contributed by atoms with E-state index in [0.717, 1.165) is 0 Å². The molecule has 1 heterocycles. The molecule has 1 saturated heterocycles. The number of carbonyl (C=O) groups is 2. The van der Waals surface area contributed by atoms with Crippen LogP contribution in [0.1, 0.15) is 29.6 Å². The lowest BCUT2D eigenvalue weighted by molar-refractivity contribution is -0.119. The van der Waals surface area contributed by atoms with E-state index in [0.29, 0.717) is 32.4 Å². The van der Waals surface area contributed by atoms with Gasteiger partial charge in [0.2, 0.25) is 5.91 Å². The molecule has 0 atom stereocenters. The van der Waals surface area contributed by atoms with Gasteiger partial charge >= 0.3 is 0 Å². The molecule has 1 fully saturated rings. The molecule has 1 aromatic carbocycles. The number of phenols is 2. The molecule has 1 aromatic rings. The second-order valence-electron chi connectivity index (χ2n) is 5.08. The maximum atomic E-state index is 12.3. The van der Waals surface area contributed by atoms with Crippen LogP contribution >= 0.6 is 0 Å². The Morgan fingerprint density at radius 2 is 1.75 bits per heavy atom. The predicted molar refractivity (Wildman–Crippen MR) is 72.2 cm³/mol. The minimum Gasteiger partial charge on any atom is -0.507 e. The van der Waals surface area contributed by atoms with Crippen molar-refractivity contribution in [2.24, 2.45) is 11.7 Å². The van der Waals surface area contributed by atoms with Gasteiger partial charge in [0.15, 0.2) is 0 Å². The smallest absolute Gasteiger partial charge is 0.261 e. The molecule has 108 valence electrons. The first-order valence-corrected chi connectivity index (χ1v) is 6.57. The first-order valence-electron chi connectivity index (χ1n) is 6.57. The van der Waals surface area contributed by atoms with Crippen LogP contribution in [0, 0.1) is 5.92 Å². The lowest BCUT2D eigenvalue weighted by Gasteiger charge is -2.31. The number of hydrogen-bond donors (Lipinski definition) is 3. The maximum Gasteiger partial charge on any atom is 0.261 e. The van der Waals surface area contributed by atoms with E-state index < -0.39 is 5.91 Å². The Kier molecular flexibility index (Phi) is 4.12. The molecule has 20 heavy (non-hydrogen) atoms. The van der Waals surface area contributed by atoms with Crippen molar-refractivity contribution in [3.63, 3.8) is 0 Å². The van der Waals surface area contributed by atoms with Crippen LogP contribution in [0.4, 0.5) is 0 Å². The Morgan fingerprint density at radius 1 is 1.20 bits per heavy atom. The molecule has 0 bridgehead atoms. The number of aromatic hydroxyl groups is 2. The number of phenolic OH excluding ortho intramolecular Hbond substituents is 2. The van der Waals surface area contributed by atoms with Gasteiger partial charge in [-0.3, -0.25) is 9.59 Å². The first-order chi connectivity index (χ1) is 9.49. The average Bonchev–Trinajstić information content (AvgIpc) is 2.38. The van der Waals surface area contributed by atoms with Gasteiger partial charge in [-0.1, -0.05) is 6.07 Å². The number of carbonyl (C=O) groups excluding carboxylic acids is 2. The Labute approximate surface area is 116 Å². The number of rotatable bonds is 3. The second kappa shape index (κ2) is 5.81. The maximum absolute atomic E-state index is 12.3. The lowest BCUT2D eigenvalue weighted by Crippen LogP contribution is -2.39. The average molecular weight is 278 g/mol. The molecular formula is C14H18N2O4. The highest BCUT2D eigenvalue weighted by atomic mass is 16.3. The quantitative estimate of drug-likeness (QED) is 0.761. The summed E-state index contributed by atoms with van der Waals surface area (Å²) < 4.78 is 0. The van der Waals surface area contributed by atoms with E-state index in [1.54, 1.807) is 4.90 Å². The Morgan fingerprint density at radius 3 is 2.25 bits per heavy atom. The summed E-state index contributed by atoms with van der Waals surface area (Å²) in [6.07, 6.45) is 1.73. The summed E-state index contributed by atoms with van der Waals surface area (Å²) in [5, 5.41) is 19.4. The van der Waals surface area contributed by atoms with Crippen LogP contribution in [0.5, 0.6) is 11.5 Å². The molecule has 1 aliphatic rings. The van der Waals surface area contributed by atoms with E-state index in [1.807, 2.05) is 0 Å². The Balaban J connectivity index is 2.04. The fourth-order valence-electron chi connectivity index (χ4n) is 2.53. The highest BCUT2D eigenvalue weighted by molar-refractivity contribution is 5.99. The number of nitrogens with two attached hydrogens (primary N) is 1. The van der Waals surface area contributed by atoms with Crippen LogP contribution in [0.15, 0.2) is 18.2 Å². The van der Waals surface area contributed by atoms with Gasteiger partial charge < -0.3 is 20.8 Å². The van der Waals surface area contributed by atoms with Gasteiger partial charge in [0.05, 0.1) is 0 Å². The molecule has 6 nitrogen and oxygen atoms in total. The normalized spacial score (nSPS) is 16.1. The minimum absolute atomic E-state index is 0.0687. The Hall–Kier alpha value is -2.24. The van der Waals surface area contributed by atoms with Crippen molar-refractivity contribution in [1.29, 1.82) is 0 Å². The van der Waals surface area contributed by atoms with E-state index in [9.17, 15) is 19.8 Å². The number of hydrogen-bond acceptors (Lipinski definition) is 4. The number of likely N-dealkylation sites (tertiary alicyclic amines) is 1. The van der Waals surface area contributed by atoms with E-state index >= 15 is 0 Å². The SMILES string of the molecule is NC(=O)CC1CCN(C(=O)c2c(O)cccc2O)CC1. The van der Waals surface area contributed by atoms with Crippen molar-refractivity contribution in [3.8, 4) is 11.5 Å². The molecule has 0 saturated carbocycles. The van der Waals surface area contributed by atoms with E-state index in [2.05, 4.69) is 0 Å². The highest BCUT2D eigenvalue weighted by Gasteiger charge is 2.27. The van der Waals surface area contributed by atoms with Crippen molar-refractivity contribution in [3.05, 3.63) is 23.8 Å². The summed E-state index contributed by atoms with van der Waals surface area (Å²) in [6, 6.07) is 4.21. The molecule has 2 amide bonds. The van der Waals surface area contributed by atoms with Gasteiger partial charge in [0.1, 0.15) is 17.1 Å². The van der Waals surface area contributed by atoms with Crippen molar-refractivity contribution < 1.29 is 19.8 Å². The van der Waals surface area contributed by atoms with Crippen molar-refractivity contribution in [2.75, 3.05) is 13.1 Å². The van der Waals surface area contributed by atoms with Crippen LogP contribution in [0.3, 0.4) is 0 Å². The van der Waals surface area contributed by atoms with Crippen LogP contribution in [0.25, 0.3) is 0 Å². The van der Waals surface area contributed by atoms with Gasteiger partial charge in [-0.25, -0.2) is 0 Å². The van der Waals surface area contributed by atoms with Crippen molar-refractivity contribution >= 4 is 11.8 Å². The summed E-state index contributed by atoms with van der Waals surface area (Å²) >= 11 is 0. The third-order valence-electron chi connectivity index (χ3n) is 3.63. The topological polar surface area (TPSA) is 104 Å². The summed E-state index contributed by atoms with van der Waals surface area (Å²) in [5.74, 6) is -0.968. The summed E-state index contributed by atoms with van der Waals surface area (Å²) in [4.78, 5) is 24.7. The molecule has 2 rings (SSSR count). The molecule has 0 aliphatic carbocycles. The van der Waals surface area contributed by atoms with Crippen LogP contribution < -0.4 is 5.73 Å². The van der Waals surface area contributed by atoms with E-state index in [1.165, 1.54) is 18.2 Å². The summed E-state index contributed by atoms with van der Waals surface area (Å²) in [6.45, 7) is 0.981. The molecule has 6 heteroatoms. The zero-order valence-electron chi connectivity index (χ0n) is 11.1. The van der Waals surface area contributed by atoms with E-state index in [-0.39, 0.29) is 28.9 Å². The number of amides is 2. The monoisotopic (exact) mass is 278 g/mol. The van der Waals surface area contributed by atoms with Crippen molar-refractivity contribution in [1.82, 2.24) is 4.90 Å². The van der Waals surface area contributed by atoms with Gasteiger partial charge in [-0.15, -0.1) is 0 Å². The largest absolute Gasteiger partial charge is 0.507 e. The van der Waals surface area contributed by atoms with Gasteiger partial charge in [-0.05, 0) is 30.9 Å². The van der Waals surface area contributed by atoms with Crippen LogP contribution in [-0.2, 0) is 4.79 Å². The van der Waals surface area contributed by atoms with Crippen LogP contribution in [0.2, 0.25) is 0 Å². The molecule has 0 spiro atoms. The number of nitrogens with zero attached hydrogens (tertiary/aromatic N) is 1. The third-order valence-corrected chi connectivity index (χ3v) is 3.63. The standard InChI is InChI=1S/C14H18N2O4/c15-12(19)8-9-4-6-16(7-5-9)14(20)13-10(17)2-1-3-11(13)18/h1-3,9,17-18H,4-8H2,(H2,15,19). The number of piperidine rings is 1. The highest BCUT2D eigenvalue weighted by Crippen LogP contribution is 2.29. The molecule has 0 radical (unpaired) electrons. The van der Waals surface area contributed by atoms with E-state index in [4.69, 9.17) is 5.73 Å². The fourth-order valence-corrected chi connectivity index (χ4v) is 2.53. The summed E-state index contributed by atoms with van der Waals surface area (Å²) in [7, 11) is 0. The first kappa shape index (κ1) is 14.2. The van der Waals surface area contributed by atoms with Crippen LogP contribution in [-0.4, -0.2) is 40.0 Å². The number of primary amides is 1. The Bertz CT molecular complexity index is 502. The lowest BCUT2D eigenvalue weighted by atomic mass is 9.93. The van der Waals surface area contributed by atoms with Gasteiger partial charge in [-0.2, -0.15) is 0 Å². The molecule has 4 N–H and O–H groups in total. The molecular weight excluding hydrogens is 260 g/mol. The second-order valence-corrected chi connectivity index (χ2v) is 5.08. The zero-order valence-corrected chi connectivity index (χ0v) is 11.1. The molecule has 1 aliphatic heterocycles. The minimum atomic E-state index is -0.391. The number of benzene rings is 1. The molecule has 0 unspecified atom stereocenters. The zero-order chi connectivity index (χ0) is 14.7. The molecule has 0 aromatic heterocycles. The summed E-state index contributed by atoms with van der Waals surface area (Å²) in [5.41, 5.74) is 5.09. The fraction of sp³-hybridized carbons (Fsp3) is 0.429.